The molecule has 7 heteroatoms. The number of aliphatic hydroxyl groups excluding tert-OH is 1. The van der Waals surface area contributed by atoms with Gasteiger partial charge in [0.25, 0.3) is 5.56 Å². The van der Waals surface area contributed by atoms with Crippen LogP contribution in [-0.2, 0) is 0 Å². The maximum absolute atomic E-state index is 13.8. The Bertz CT molecular complexity index is 1130. The van der Waals surface area contributed by atoms with Crippen molar-refractivity contribution in [2.45, 2.75) is 57.1 Å². The third-order valence-electron chi connectivity index (χ3n) is 6.72. The molecule has 0 bridgehead atoms. The van der Waals surface area contributed by atoms with Crippen LogP contribution in [0.25, 0.3) is 21.8 Å². The predicted octanol–water partition coefficient (Wildman–Crippen LogP) is 3.45. The number of anilines is 2. The van der Waals surface area contributed by atoms with Crippen molar-refractivity contribution in [2.75, 3.05) is 30.4 Å². The van der Waals surface area contributed by atoms with Crippen LogP contribution in [0.4, 0.5) is 11.6 Å². The zero-order valence-corrected chi connectivity index (χ0v) is 17.5. The molecular weight excluding hydrogens is 378 g/mol. The highest BCUT2D eigenvalue weighted by Crippen LogP contribution is 2.33. The number of aliphatic hydroxyl groups is 1. The smallest absolute Gasteiger partial charge is 0.260 e. The quantitative estimate of drug-likeness (QED) is 0.647. The van der Waals surface area contributed by atoms with Crippen LogP contribution in [0.3, 0.4) is 0 Å². The number of rotatable bonds is 3. The molecule has 30 heavy (non-hydrogen) atoms. The van der Waals surface area contributed by atoms with Gasteiger partial charge in [-0.2, -0.15) is 4.98 Å². The van der Waals surface area contributed by atoms with Gasteiger partial charge in [-0.15, -0.1) is 0 Å². The van der Waals surface area contributed by atoms with Crippen molar-refractivity contribution in [3.8, 4) is 0 Å². The summed E-state index contributed by atoms with van der Waals surface area (Å²) in [5, 5.41) is 15.5. The minimum absolute atomic E-state index is 0.0125. The lowest BCUT2D eigenvalue weighted by Gasteiger charge is -2.30. The summed E-state index contributed by atoms with van der Waals surface area (Å²) in [5.41, 5.74) is 1.81. The van der Waals surface area contributed by atoms with Gasteiger partial charge in [0.15, 0.2) is 0 Å². The fourth-order valence-corrected chi connectivity index (χ4v) is 5.04. The Morgan fingerprint density at radius 3 is 2.53 bits per heavy atom. The average Bonchev–Trinajstić information content (AvgIpc) is 2.80. The second-order valence-electron chi connectivity index (χ2n) is 8.60. The van der Waals surface area contributed by atoms with E-state index in [1.165, 1.54) is 19.3 Å². The molecule has 1 saturated heterocycles. The Labute approximate surface area is 175 Å². The van der Waals surface area contributed by atoms with E-state index >= 15 is 0 Å². The van der Waals surface area contributed by atoms with Crippen LogP contribution in [0.5, 0.6) is 0 Å². The highest BCUT2D eigenvalue weighted by molar-refractivity contribution is 6.05. The first-order valence-corrected chi connectivity index (χ1v) is 11.1. The maximum Gasteiger partial charge on any atom is 0.260 e. The van der Waals surface area contributed by atoms with Crippen LogP contribution in [0, 0.1) is 0 Å². The van der Waals surface area contributed by atoms with Gasteiger partial charge < -0.3 is 15.3 Å². The number of benzene rings is 1. The van der Waals surface area contributed by atoms with Gasteiger partial charge in [0.2, 0.25) is 5.95 Å². The van der Waals surface area contributed by atoms with E-state index in [1.807, 2.05) is 10.8 Å². The van der Waals surface area contributed by atoms with Crippen LogP contribution in [0.1, 0.15) is 51.0 Å². The normalized spacial score (nSPS) is 22.5. The van der Waals surface area contributed by atoms with Gasteiger partial charge in [-0.3, -0.25) is 9.36 Å². The monoisotopic (exact) mass is 407 g/mol. The molecule has 1 aliphatic carbocycles. The van der Waals surface area contributed by atoms with Crippen molar-refractivity contribution >= 4 is 33.4 Å². The number of piperidine rings is 1. The first-order chi connectivity index (χ1) is 14.7. The minimum Gasteiger partial charge on any atom is -0.393 e. The van der Waals surface area contributed by atoms with Crippen molar-refractivity contribution in [3.05, 3.63) is 34.7 Å². The Morgan fingerprint density at radius 1 is 1.03 bits per heavy atom. The van der Waals surface area contributed by atoms with Crippen molar-refractivity contribution in [1.29, 1.82) is 0 Å². The van der Waals surface area contributed by atoms with E-state index in [1.54, 1.807) is 7.05 Å². The molecule has 0 radical (unpaired) electrons. The van der Waals surface area contributed by atoms with Crippen molar-refractivity contribution in [3.63, 3.8) is 0 Å². The molecule has 2 aliphatic rings. The molecule has 7 nitrogen and oxygen atoms in total. The first-order valence-electron chi connectivity index (χ1n) is 11.1. The van der Waals surface area contributed by atoms with Crippen LogP contribution in [-0.4, -0.2) is 45.9 Å². The maximum atomic E-state index is 13.8. The highest BCUT2D eigenvalue weighted by Gasteiger charge is 2.25. The summed E-state index contributed by atoms with van der Waals surface area (Å²) in [7, 11) is 1.78. The van der Waals surface area contributed by atoms with Gasteiger partial charge >= 0.3 is 0 Å². The second-order valence-corrected chi connectivity index (χ2v) is 8.60. The molecule has 3 aromatic rings. The molecule has 2 N–H and O–H groups in total. The van der Waals surface area contributed by atoms with Gasteiger partial charge in [0.05, 0.1) is 11.5 Å². The van der Waals surface area contributed by atoms with E-state index in [4.69, 9.17) is 0 Å². The zero-order chi connectivity index (χ0) is 20.7. The second kappa shape index (κ2) is 7.87. The highest BCUT2D eigenvalue weighted by atomic mass is 16.3. The van der Waals surface area contributed by atoms with Crippen LogP contribution in [0.2, 0.25) is 0 Å². The molecule has 5 rings (SSSR count). The lowest BCUT2D eigenvalue weighted by atomic mass is 9.92. The number of nitrogens with one attached hydrogen (secondary N) is 1. The first kappa shape index (κ1) is 19.3. The standard InChI is InChI=1S/C23H29N5O2/c1-24-23-25-14-20-18-10-7-16(27-11-3-2-4-12-27)13-19(18)22(30)28(21(20)26-23)15-5-8-17(29)9-6-15/h7,10,13-15,17,29H,2-6,8-9,11-12H2,1H3,(H,24,25,26). The van der Waals surface area contributed by atoms with Gasteiger partial charge in [-0.1, -0.05) is 6.07 Å². The van der Waals surface area contributed by atoms with E-state index < -0.39 is 0 Å². The molecule has 2 aromatic heterocycles. The molecule has 1 saturated carbocycles. The van der Waals surface area contributed by atoms with Gasteiger partial charge in [0, 0.05) is 43.4 Å². The largest absolute Gasteiger partial charge is 0.393 e. The Kier molecular flexibility index (Phi) is 5.06. The molecule has 2 fully saturated rings. The Balaban J connectivity index is 1.73. The summed E-state index contributed by atoms with van der Waals surface area (Å²) < 4.78 is 1.87. The molecule has 0 atom stereocenters. The van der Waals surface area contributed by atoms with Crippen LogP contribution < -0.4 is 15.8 Å². The van der Waals surface area contributed by atoms with E-state index in [0.29, 0.717) is 24.4 Å². The molecule has 0 spiro atoms. The van der Waals surface area contributed by atoms with Crippen LogP contribution in [0.15, 0.2) is 29.2 Å². The topological polar surface area (TPSA) is 83.3 Å². The van der Waals surface area contributed by atoms with E-state index in [9.17, 15) is 9.90 Å². The number of aromatic nitrogens is 3. The van der Waals surface area contributed by atoms with Crippen molar-refractivity contribution in [1.82, 2.24) is 14.5 Å². The predicted molar refractivity (Wildman–Crippen MR) is 120 cm³/mol. The summed E-state index contributed by atoms with van der Waals surface area (Å²) in [6.45, 7) is 2.09. The van der Waals surface area contributed by atoms with Crippen LogP contribution >= 0.6 is 0 Å². The molecular formula is C23H29N5O2. The summed E-state index contributed by atoms with van der Waals surface area (Å²) in [6, 6.07) is 6.29. The van der Waals surface area contributed by atoms with E-state index in [2.05, 4.69) is 38.4 Å². The zero-order valence-electron chi connectivity index (χ0n) is 17.5. The Morgan fingerprint density at radius 2 is 1.80 bits per heavy atom. The lowest BCUT2D eigenvalue weighted by molar-refractivity contribution is 0.111. The number of nitrogens with zero attached hydrogens (tertiary/aromatic N) is 4. The number of fused-ring (bicyclic) bond motifs is 3. The average molecular weight is 408 g/mol. The van der Waals surface area contributed by atoms with Gasteiger partial charge in [-0.05, 0) is 62.5 Å². The summed E-state index contributed by atoms with van der Waals surface area (Å²) in [5.74, 6) is 0.510. The number of hydrogen-bond acceptors (Lipinski definition) is 6. The molecule has 1 aliphatic heterocycles. The van der Waals surface area contributed by atoms with Crippen molar-refractivity contribution in [2.24, 2.45) is 0 Å². The SMILES string of the molecule is CNc1ncc2c3ccc(N4CCCCC4)cc3c(=O)n(C3CCC(O)CC3)c2n1. The fourth-order valence-electron chi connectivity index (χ4n) is 5.04. The third kappa shape index (κ3) is 3.31. The molecule has 1 aromatic carbocycles. The molecule has 158 valence electrons. The Hall–Kier alpha value is -2.67. The number of hydrogen-bond donors (Lipinski definition) is 2. The van der Waals surface area contributed by atoms with E-state index in [0.717, 1.165) is 47.8 Å². The summed E-state index contributed by atoms with van der Waals surface area (Å²) in [6.07, 6.45) is 8.24. The summed E-state index contributed by atoms with van der Waals surface area (Å²) in [4.78, 5) is 25.2. The molecule has 3 heterocycles. The van der Waals surface area contributed by atoms with Crippen molar-refractivity contribution < 1.29 is 5.11 Å². The molecule has 0 unspecified atom stereocenters. The summed E-state index contributed by atoms with van der Waals surface area (Å²) >= 11 is 0. The van der Waals surface area contributed by atoms with Gasteiger partial charge in [0.1, 0.15) is 5.65 Å². The third-order valence-corrected chi connectivity index (χ3v) is 6.72. The van der Waals surface area contributed by atoms with Gasteiger partial charge in [-0.25, -0.2) is 4.98 Å². The molecule has 0 amide bonds. The minimum atomic E-state index is -0.267. The lowest BCUT2D eigenvalue weighted by Crippen LogP contribution is -2.31. The van der Waals surface area contributed by atoms with E-state index in [-0.39, 0.29) is 17.7 Å². The number of pyridine rings is 1. The fraction of sp³-hybridized carbons (Fsp3) is 0.522.